The van der Waals surface area contributed by atoms with E-state index >= 15 is 0 Å². The van der Waals surface area contributed by atoms with Crippen molar-refractivity contribution in [3.63, 3.8) is 0 Å². The molecule has 9 heteroatoms. The quantitative estimate of drug-likeness (QED) is 0.656. The second-order valence-electron chi connectivity index (χ2n) is 6.96. The summed E-state index contributed by atoms with van der Waals surface area (Å²) in [7, 11) is 1.92. The molecule has 154 valence electrons. The number of carboxylic acid groups (broad SMARTS) is 1. The first-order valence-corrected chi connectivity index (χ1v) is 9.35. The Morgan fingerprint density at radius 3 is 2.79 bits per heavy atom. The van der Waals surface area contributed by atoms with Crippen LogP contribution in [0.25, 0.3) is 10.9 Å². The summed E-state index contributed by atoms with van der Waals surface area (Å²) in [5.41, 5.74) is 2.49. The first-order chi connectivity index (χ1) is 14.0. The molecule has 2 N–H and O–H groups in total. The molecule has 1 aliphatic rings. The van der Waals surface area contributed by atoms with E-state index in [0.717, 1.165) is 43.5 Å². The van der Waals surface area contributed by atoms with Gasteiger partial charge in [-0.3, -0.25) is 19.2 Å². The predicted molar refractivity (Wildman–Crippen MR) is 106 cm³/mol. The van der Waals surface area contributed by atoms with Crippen molar-refractivity contribution in [1.82, 2.24) is 24.6 Å². The highest BCUT2D eigenvalue weighted by Crippen LogP contribution is 2.18. The van der Waals surface area contributed by atoms with Gasteiger partial charge >= 0.3 is 0 Å². The van der Waals surface area contributed by atoms with Crippen LogP contribution in [-0.4, -0.2) is 68.2 Å². The molecule has 4 rings (SSSR count). The fraction of sp³-hybridized carbons (Fsp3) is 0.350. The Kier molecular flexibility index (Phi) is 6.61. The minimum Gasteiger partial charge on any atom is -0.483 e. The number of aromatic amines is 1. The van der Waals surface area contributed by atoms with E-state index in [0.29, 0.717) is 12.2 Å². The summed E-state index contributed by atoms with van der Waals surface area (Å²) >= 11 is 0. The van der Waals surface area contributed by atoms with Gasteiger partial charge in [-0.25, -0.2) is 4.39 Å². The maximum atomic E-state index is 13.4. The van der Waals surface area contributed by atoms with Gasteiger partial charge in [0.05, 0.1) is 6.20 Å². The Bertz CT molecular complexity index is 984. The monoisotopic (exact) mass is 401 g/mol. The van der Waals surface area contributed by atoms with E-state index in [2.05, 4.69) is 15.0 Å². The standard InChI is InChI=1S/C19H22FN5O.CH2O2/c1-23-12-14(11-21-23)13-24-5-2-6-25(8-7-24)19(26)18-10-15-9-16(20)3-4-17(15)22-18;2-1-3/h3-4,9-12,22H,2,5-8,13H2,1H3;1H,(H,2,3). The van der Waals surface area contributed by atoms with Gasteiger partial charge in [0.15, 0.2) is 0 Å². The third kappa shape index (κ3) is 5.20. The molecule has 0 atom stereocenters. The van der Waals surface area contributed by atoms with E-state index < -0.39 is 0 Å². The Morgan fingerprint density at radius 1 is 1.28 bits per heavy atom. The normalized spacial score (nSPS) is 14.9. The van der Waals surface area contributed by atoms with Crippen molar-refractivity contribution in [2.45, 2.75) is 13.0 Å². The molecule has 8 nitrogen and oxygen atoms in total. The fourth-order valence-electron chi connectivity index (χ4n) is 3.53. The van der Waals surface area contributed by atoms with Gasteiger partial charge in [-0.2, -0.15) is 5.10 Å². The first-order valence-electron chi connectivity index (χ1n) is 9.35. The predicted octanol–water partition coefficient (Wildman–Crippen LogP) is 2.09. The van der Waals surface area contributed by atoms with Crippen LogP contribution in [0.15, 0.2) is 36.7 Å². The maximum absolute atomic E-state index is 13.4. The number of aryl methyl sites for hydroxylation is 1. The SMILES string of the molecule is Cn1cc(CN2CCCN(C(=O)c3cc4cc(F)ccc4[nH]3)CC2)cn1.O=CO. The van der Waals surface area contributed by atoms with Crippen LogP contribution in [0.2, 0.25) is 0 Å². The zero-order valence-electron chi connectivity index (χ0n) is 16.2. The number of H-pyrrole nitrogens is 1. The number of nitrogens with one attached hydrogen (secondary N) is 1. The van der Waals surface area contributed by atoms with Gasteiger partial charge in [-0.1, -0.05) is 0 Å². The number of rotatable bonds is 3. The Hall–Kier alpha value is -3.20. The molecule has 0 spiro atoms. The number of aromatic nitrogens is 3. The summed E-state index contributed by atoms with van der Waals surface area (Å²) < 4.78 is 15.2. The number of amides is 1. The molecule has 0 bridgehead atoms. The first kappa shape index (κ1) is 20.5. The molecule has 2 aromatic heterocycles. The van der Waals surface area contributed by atoms with Crippen molar-refractivity contribution in [2.24, 2.45) is 7.05 Å². The lowest BCUT2D eigenvalue weighted by atomic mass is 10.2. The summed E-state index contributed by atoms with van der Waals surface area (Å²) in [4.78, 5) is 28.5. The molecule has 29 heavy (non-hydrogen) atoms. The third-order valence-electron chi connectivity index (χ3n) is 4.85. The lowest BCUT2D eigenvalue weighted by Crippen LogP contribution is -2.35. The van der Waals surface area contributed by atoms with Crippen LogP contribution in [0.1, 0.15) is 22.5 Å². The van der Waals surface area contributed by atoms with Gasteiger partial charge < -0.3 is 15.0 Å². The number of fused-ring (bicyclic) bond motifs is 1. The molecule has 1 aliphatic heterocycles. The lowest BCUT2D eigenvalue weighted by molar-refractivity contribution is -0.122. The highest BCUT2D eigenvalue weighted by atomic mass is 19.1. The number of carbonyl (C=O) groups excluding carboxylic acids is 1. The molecule has 3 heterocycles. The molecular weight excluding hydrogens is 377 g/mol. The summed E-state index contributed by atoms with van der Waals surface area (Å²) in [5, 5.41) is 11.8. The van der Waals surface area contributed by atoms with E-state index in [1.165, 1.54) is 17.7 Å². The van der Waals surface area contributed by atoms with Gasteiger partial charge in [0.25, 0.3) is 12.4 Å². The largest absolute Gasteiger partial charge is 0.483 e. The highest BCUT2D eigenvalue weighted by Gasteiger charge is 2.22. The van der Waals surface area contributed by atoms with Crippen LogP contribution in [0, 0.1) is 5.82 Å². The van der Waals surface area contributed by atoms with Crippen LogP contribution >= 0.6 is 0 Å². The van der Waals surface area contributed by atoms with Crippen molar-refractivity contribution in [2.75, 3.05) is 26.2 Å². The molecule has 1 aromatic carbocycles. The molecular formula is C20H24FN5O3. The van der Waals surface area contributed by atoms with E-state index in [1.807, 2.05) is 29.0 Å². The summed E-state index contributed by atoms with van der Waals surface area (Å²) in [6.45, 7) is 3.79. The van der Waals surface area contributed by atoms with E-state index in [1.54, 1.807) is 12.1 Å². The van der Waals surface area contributed by atoms with Gasteiger partial charge in [0.2, 0.25) is 0 Å². The number of hydrogen-bond donors (Lipinski definition) is 2. The number of halogens is 1. The molecule has 0 saturated carbocycles. The fourth-order valence-corrected chi connectivity index (χ4v) is 3.53. The van der Waals surface area contributed by atoms with Crippen LogP contribution in [0.5, 0.6) is 0 Å². The molecule has 1 fully saturated rings. The second kappa shape index (κ2) is 9.33. The van der Waals surface area contributed by atoms with Crippen LogP contribution < -0.4 is 0 Å². The summed E-state index contributed by atoms with van der Waals surface area (Å²) in [5.74, 6) is -0.318. The van der Waals surface area contributed by atoms with E-state index in [-0.39, 0.29) is 18.2 Å². The van der Waals surface area contributed by atoms with Crippen molar-refractivity contribution >= 4 is 23.3 Å². The minimum atomic E-state index is -0.295. The van der Waals surface area contributed by atoms with E-state index in [9.17, 15) is 9.18 Å². The summed E-state index contributed by atoms with van der Waals surface area (Å²) in [6.07, 6.45) is 4.84. The van der Waals surface area contributed by atoms with Gasteiger partial charge in [-0.15, -0.1) is 0 Å². The lowest BCUT2D eigenvalue weighted by Gasteiger charge is -2.21. The average molecular weight is 401 g/mol. The van der Waals surface area contributed by atoms with Gasteiger partial charge in [0.1, 0.15) is 11.5 Å². The molecule has 1 saturated heterocycles. The Labute approximate surface area is 167 Å². The number of carbonyl (C=O) groups is 2. The third-order valence-corrected chi connectivity index (χ3v) is 4.85. The number of benzene rings is 1. The van der Waals surface area contributed by atoms with Crippen molar-refractivity contribution in [3.05, 3.63) is 53.7 Å². The minimum absolute atomic E-state index is 0.0233. The Morgan fingerprint density at radius 2 is 2.07 bits per heavy atom. The van der Waals surface area contributed by atoms with Gasteiger partial charge in [-0.05, 0) is 30.7 Å². The highest BCUT2D eigenvalue weighted by molar-refractivity contribution is 5.98. The van der Waals surface area contributed by atoms with Crippen LogP contribution in [0.3, 0.4) is 0 Å². The van der Waals surface area contributed by atoms with Gasteiger partial charge in [0, 0.05) is 62.4 Å². The van der Waals surface area contributed by atoms with Crippen LogP contribution in [-0.2, 0) is 18.4 Å². The number of nitrogens with zero attached hydrogens (tertiary/aromatic N) is 4. The molecule has 0 unspecified atom stereocenters. The average Bonchev–Trinajstić information content (AvgIpc) is 3.21. The van der Waals surface area contributed by atoms with Crippen molar-refractivity contribution in [1.29, 1.82) is 0 Å². The molecule has 0 radical (unpaired) electrons. The number of hydrogen-bond acceptors (Lipinski definition) is 4. The molecule has 1 amide bonds. The van der Waals surface area contributed by atoms with Crippen LogP contribution in [0.4, 0.5) is 4.39 Å². The zero-order chi connectivity index (χ0) is 20.8. The van der Waals surface area contributed by atoms with E-state index in [4.69, 9.17) is 9.90 Å². The topological polar surface area (TPSA) is 94.5 Å². The molecule has 3 aromatic rings. The summed E-state index contributed by atoms with van der Waals surface area (Å²) in [6, 6.07) is 6.24. The maximum Gasteiger partial charge on any atom is 0.290 e. The van der Waals surface area contributed by atoms with Crippen molar-refractivity contribution in [3.8, 4) is 0 Å². The Balaban J connectivity index is 0.000000755. The second-order valence-corrected chi connectivity index (χ2v) is 6.96. The zero-order valence-corrected chi connectivity index (χ0v) is 16.2. The smallest absolute Gasteiger partial charge is 0.290 e. The van der Waals surface area contributed by atoms with Crippen molar-refractivity contribution < 1.29 is 19.1 Å². The molecule has 0 aliphatic carbocycles.